The Hall–Kier alpha value is -2.62. The maximum Gasteiger partial charge on any atom is 0.340 e. The van der Waals surface area contributed by atoms with Crippen molar-refractivity contribution < 1.29 is 18.8 Å². The normalized spacial score (nSPS) is 10.2. The summed E-state index contributed by atoms with van der Waals surface area (Å²) in [6, 6.07) is 1.67. The van der Waals surface area contributed by atoms with Crippen LogP contribution in [0.25, 0.3) is 0 Å². The zero-order valence-electron chi connectivity index (χ0n) is 10.9. The number of nitro benzene ring substituents is 1. The lowest BCUT2D eigenvalue weighted by molar-refractivity contribution is -0.384. The van der Waals surface area contributed by atoms with Gasteiger partial charge in [0.05, 0.1) is 23.7 Å². The lowest BCUT2D eigenvalue weighted by Crippen LogP contribution is -2.07. The van der Waals surface area contributed by atoms with Gasteiger partial charge in [0.1, 0.15) is 17.3 Å². The van der Waals surface area contributed by atoms with Crippen molar-refractivity contribution in [3.05, 3.63) is 39.5 Å². The summed E-state index contributed by atoms with van der Waals surface area (Å²) in [5, 5.41) is 13.9. The first-order chi connectivity index (χ1) is 9.92. The van der Waals surface area contributed by atoms with Crippen molar-refractivity contribution in [2.45, 2.75) is 6.92 Å². The van der Waals surface area contributed by atoms with E-state index < -0.39 is 28.0 Å². The molecule has 0 atom stereocenters. The second-order valence-corrected chi connectivity index (χ2v) is 4.62. The number of esters is 1. The Morgan fingerprint density at radius 1 is 1.52 bits per heavy atom. The Bertz CT molecular complexity index is 718. The molecule has 10 heteroatoms. The molecule has 110 valence electrons. The van der Waals surface area contributed by atoms with Gasteiger partial charge < -0.3 is 10.1 Å². The molecule has 0 amide bonds. The molecule has 1 aromatic carbocycles. The van der Waals surface area contributed by atoms with Gasteiger partial charge in [-0.15, -0.1) is 0 Å². The highest BCUT2D eigenvalue weighted by Crippen LogP contribution is 2.31. The zero-order chi connectivity index (χ0) is 15.6. The van der Waals surface area contributed by atoms with Crippen LogP contribution in [-0.4, -0.2) is 27.4 Å². The van der Waals surface area contributed by atoms with E-state index in [0.717, 1.165) is 24.7 Å². The predicted octanol–water partition coefficient (Wildman–Crippen LogP) is 2.42. The topological polar surface area (TPSA) is 107 Å². The first-order valence-electron chi connectivity index (χ1n) is 5.56. The number of benzene rings is 1. The molecule has 1 heterocycles. The minimum absolute atomic E-state index is 0.0713. The molecule has 0 saturated heterocycles. The van der Waals surface area contributed by atoms with Crippen molar-refractivity contribution in [2.75, 3.05) is 12.4 Å². The second kappa shape index (κ2) is 5.79. The maximum atomic E-state index is 13.7. The number of carbonyl (C=O) groups excluding carboxylic acids is 1. The number of anilines is 2. The third-order valence-electron chi connectivity index (χ3n) is 2.46. The molecule has 8 nitrogen and oxygen atoms in total. The summed E-state index contributed by atoms with van der Waals surface area (Å²) in [6.45, 7) is 1.65. The maximum absolute atomic E-state index is 13.7. The summed E-state index contributed by atoms with van der Waals surface area (Å²) in [5.41, 5.74) is -1.00. The van der Waals surface area contributed by atoms with Gasteiger partial charge in [-0.1, -0.05) is 0 Å². The third-order valence-corrected chi connectivity index (χ3v) is 3.18. The van der Waals surface area contributed by atoms with Crippen LogP contribution in [-0.2, 0) is 4.74 Å². The van der Waals surface area contributed by atoms with Crippen LogP contribution in [0.15, 0.2) is 12.1 Å². The lowest BCUT2D eigenvalue weighted by atomic mass is 10.1. The Labute approximate surface area is 121 Å². The van der Waals surface area contributed by atoms with E-state index >= 15 is 0 Å². The van der Waals surface area contributed by atoms with E-state index in [4.69, 9.17) is 0 Å². The number of ether oxygens (including phenoxy) is 1. The van der Waals surface area contributed by atoms with Crippen LogP contribution >= 0.6 is 11.5 Å². The Balaban J connectivity index is 2.50. The monoisotopic (exact) mass is 312 g/mol. The summed E-state index contributed by atoms with van der Waals surface area (Å²) < 4.78 is 22.0. The average Bonchev–Trinajstić information content (AvgIpc) is 2.84. The van der Waals surface area contributed by atoms with Gasteiger partial charge in [-0.2, -0.15) is 4.37 Å². The van der Waals surface area contributed by atoms with Crippen LogP contribution in [0.2, 0.25) is 0 Å². The molecule has 0 bridgehead atoms. The molecular formula is C11H9FN4O4S. The number of aromatic nitrogens is 2. The zero-order valence-corrected chi connectivity index (χ0v) is 11.7. The van der Waals surface area contributed by atoms with Crippen molar-refractivity contribution in [3.63, 3.8) is 0 Å². The Morgan fingerprint density at radius 2 is 2.24 bits per heavy atom. The molecular weight excluding hydrogens is 303 g/mol. The first-order valence-corrected chi connectivity index (χ1v) is 6.33. The van der Waals surface area contributed by atoms with Gasteiger partial charge in [-0.25, -0.2) is 14.2 Å². The molecule has 1 aromatic heterocycles. The molecule has 0 saturated carbocycles. The van der Waals surface area contributed by atoms with E-state index in [-0.39, 0.29) is 10.8 Å². The van der Waals surface area contributed by atoms with Gasteiger partial charge in [0.15, 0.2) is 0 Å². The van der Waals surface area contributed by atoms with Crippen LogP contribution in [0.4, 0.5) is 20.9 Å². The van der Waals surface area contributed by atoms with Crippen LogP contribution in [0, 0.1) is 22.9 Å². The van der Waals surface area contributed by atoms with E-state index in [1.165, 1.54) is 0 Å². The van der Waals surface area contributed by atoms with E-state index in [9.17, 15) is 19.3 Å². The highest BCUT2D eigenvalue weighted by atomic mass is 32.1. The molecule has 0 aliphatic rings. The highest BCUT2D eigenvalue weighted by Gasteiger charge is 2.23. The number of rotatable bonds is 4. The van der Waals surface area contributed by atoms with Crippen LogP contribution in [0.1, 0.15) is 16.2 Å². The van der Waals surface area contributed by atoms with E-state index in [0.29, 0.717) is 11.9 Å². The van der Waals surface area contributed by atoms with Crippen molar-refractivity contribution >= 4 is 34.0 Å². The van der Waals surface area contributed by atoms with Gasteiger partial charge in [-0.3, -0.25) is 10.1 Å². The van der Waals surface area contributed by atoms with Gasteiger partial charge >= 0.3 is 5.97 Å². The van der Waals surface area contributed by atoms with Crippen molar-refractivity contribution in [1.29, 1.82) is 0 Å². The van der Waals surface area contributed by atoms with Gasteiger partial charge in [0, 0.05) is 11.5 Å². The van der Waals surface area contributed by atoms with Crippen LogP contribution in [0.5, 0.6) is 0 Å². The molecule has 0 unspecified atom stereocenters. The molecule has 0 aliphatic heterocycles. The van der Waals surface area contributed by atoms with Crippen LogP contribution in [0.3, 0.4) is 0 Å². The first kappa shape index (κ1) is 14.8. The summed E-state index contributed by atoms with van der Waals surface area (Å²) >= 11 is 0.984. The molecule has 21 heavy (non-hydrogen) atoms. The Kier molecular flexibility index (Phi) is 4.08. The number of hydrogen-bond donors (Lipinski definition) is 1. The van der Waals surface area contributed by atoms with Gasteiger partial charge in [-0.05, 0) is 13.0 Å². The number of nitrogens with one attached hydrogen (secondary N) is 1. The number of nitro groups is 1. The minimum atomic E-state index is -1.03. The number of halogens is 1. The van der Waals surface area contributed by atoms with Gasteiger partial charge in [0.25, 0.3) is 5.69 Å². The number of hydrogen-bond acceptors (Lipinski definition) is 8. The standard InChI is InChI=1S/C11H9FN4O4S/c1-5-13-11(21-15-5)14-8-3-6(10(17)20-2)7(12)4-9(8)16(18)19/h3-4H,1-2H3,(H,13,14,15). The fourth-order valence-corrected chi connectivity index (χ4v) is 2.13. The fourth-order valence-electron chi connectivity index (χ4n) is 1.54. The quantitative estimate of drug-likeness (QED) is 0.524. The number of carbonyl (C=O) groups is 1. The molecule has 0 radical (unpaired) electrons. The molecule has 0 fully saturated rings. The minimum Gasteiger partial charge on any atom is -0.465 e. The molecule has 0 spiro atoms. The SMILES string of the molecule is COC(=O)c1cc(Nc2nc(C)ns2)c([N+](=O)[O-])cc1F. The van der Waals surface area contributed by atoms with Crippen LogP contribution < -0.4 is 5.32 Å². The van der Waals surface area contributed by atoms with Crippen molar-refractivity contribution in [2.24, 2.45) is 0 Å². The average molecular weight is 312 g/mol. The lowest BCUT2D eigenvalue weighted by Gasteiger charge is -2.07. The molecule has 2 aromatic rings. The van der Waals surface area contributed by atoms with Crippen molar-refractivity contribution in [1.82, 2.24) is 9.36 Å². The highest BCUT2D eigenvalue weighted by molar-refractivity contribution is 7.09. The van der Waals surface area contributed by atoms with E-state index in [1.807, 2.05) is 0 Å². The van der Waals surface area contributed by atoms with E-state index in [2.05, 4.69) is 19.4 Å². The van der Waals surface area contributed by atoms with Gasteiger partial charge in [0.2, 0.25) is 5.13 Å². The summed E-state index contributed by atoms with van der Waals surface area (Å²) in [4.78, 5) is 25.6. The molecule has 1 N–H and O–H groups in total. The smallest absolute Gasteiger partial charge is 0.340 e. The fraction of sp³-hybridized carbons (Fsp3) is 0.182. The number of nitrogens with zero attached hydrogens (tertiary/aromatic N) is 3. The van der Waals surface area contributed by atoms with Crippen molar-refractivity contribution in [3.8, 4) is 0 Å². The third kappa shape index (κ3) is 3.11. The summed E-state index contributed by atoms with van der Waals surface area (Å²) in [6.07, 6.45) is 0. The molecule has 0 aliphatic carbocycles. The number of methoxy groups -OCH3 is 1. The number of aryl methyl sites for hydroxylation is 1. The largest absolute Gasteiger partial charge is 0.465 e. The Morgan fingerprint density at radius 3 is 2.76 bits per heavy atom. The summed E-state index contributed by atoms with van der Waals surface area (Å²) in [7, 11) is 1.09. The van der Waals surface area contributed by atoms with E-state index in [1.54, 1.807) is 6.92 Å². The second-order valence-electron chi connectivity index (χ2n) is 3.87. The predicted molar refractivity (Wildman–Crippen MR) is 72.3 cm³/mol. The summed E-state index contributed by atoms with van der Waals surface area (Å²) in [5.74, 6) is -1.48. The molecule has 2 rings (SSSR count).